The Morgan fingerprint density at radius 3 is 2.86 bits per heavy atom. The van der Waals surface area contributed by atoms with E-state index in [1.165, 1.54) is 0 Å². The van der Waals surface area contributed by atoms with Crippen LogP contribution < -0.4 is 5.32 Å². The van der Waals surface area contributed by atoms with Gasteiger partial charge in [-0.15, -0.1) is 0 Å². The molecule has 0 atom stereocenters. The first-order valence-electron chi connectivity index (χ1n) is 7.06. The highest BCUT2D eigenvalue weighted by atomic mass is 16.5. The normalized spacial score (nSPS) is 16.1. The van der Waals surface area contributed by atoms with Crippen LogP contribution in [-0.2, 0) is 10.2 Å². The molecule has 6 heteroatoms. The number of hydrogen-bond donors (Lipinski definition) is 1. The van der Waals surface area contributed by atoms with Crippen molar-refractivity contribution in [2.24, 2.45) is 0 Å². The summed E-state index contributed by atoms with van der Waals surface area (Å²) in [4.78, 5) is 14.4. The molecule has 1 aliphatic rings. The zero-order chi connectivity index (χ0) is 14.9. The van der Waals surface area contributed by atoms with Crippen LogP contribution in [0.5, 0.6) is 0 Å². The first-order valence-corrected chi connectivity index (χ1v) is 7.06. The maximum absolute atomic E-state index is 12.4. The number of aromatic nitrogens is 1. The third kappa shape index (κ3) is 2.71. The molecule has 112 valence electrons. The molecule has 0 spiro atoms. The van der Waals surface area contributed by atoms with Crippen molar-refractivity contribution in [1.29, 1.82) is 0 Å². The number of likely N-dealkylation sites (N-methyl/N-ethyl adjacent to an activating group) is 1. The molecule has 2 aromatic rings. The Kier molecular flexibility index (Phi) is 3.55. The van der Waals surface area contributed by atoms with Gasteiger partial charge in [-0.25, -0.2) is 0 Å². The van der Waals surface area contributed by atoms with Gasteiger partial charge in [-0.1, -0.05) is 5.16 Å². The van der Waals surface area contributed by atoms with Crippen LogP contribution in [0.2, 0.25) is 0 Å². The molecule has 0 aromatic carbocycles. The lowest BCUT2D eigenvalue weighted by Gasteiger charge is -2.14. The van der Waals surface area contributed by atoms with E-state index >= 15 is 0 Å². The largest absolute Gasteiger partial charge is 0.461 e. The van der Waals surface area contributed by atoms with E-state index in [1.807, 2.05) is 19.0 Å². The average Bonchev–Trinajstić information content (AvgIpc) is 2.91. The second-order valence-electron chi connectivity index (χ2n) is 5.69. The van der Waals surface area contributed by atoms with E-state index in [0.717, 1.165) is 19.4 Å². The van der Waals surface area contributed by atoms with Gasteiger partial charge in [-0.05, 0) is 39.1 Å². The van der Waals surface area contributed by atoms with E-state index in [0.29, 0.717) is 23.8 Å². The summed E-state index contributed by atoms with van der Waals surface area (Å²) in [6, 6.07) is 5.40. The Morgan fingerprint density at radius 1 is 1.43 bits per heavy atom. The fraction of sp³-hybridized carbons (Fsp3) is 0.467. The van der Waals surface area contributed by atoms with Gasteiger partial charge in [0.05, 0.1) is 17.4 Å². The summed E-state index contributed by atoms with van der Waals surface area (Å²) in [6.45, 7) is 1.45. The lowest BCUT2D eigenvalue weighted by Crippen LogP contribution is -2.38. The zero-order valence-corrected chi connectivity index (χ0v) is 12.3. The molecule has 1 fully saturated rings. The number of carbonyl (C=O) groups is 1. The second-order valence-corrected chi connectivity index (χ2v) is 5.69. The summed E-state index contributed by atoms with van der Waals surface area (Å²) in [5.41, 5.74) is 0.178. The van der Waals surface area contributed by atoms with E-state index in [4.69, 9.17) is 8.94 Å². The Balaban J connectivity index is 1.69. The van der Waals surface area contributed by atoms with E-state index in [1.54, 1.807) is 24.5 Å². The molecule has 1 aliphatic carbocycles. The number of nitrogens with one attached hydrogen (secondary N) is 1. The maximum atomic E-state index is 12.4. The summed E-state index contributed by atoms with van der Waals surface area (Å²) in [7, 11) is 3.96. The van der Waals surface area contributed by atoms with E-state index in [9.17, 15) is 4.79 Å². The van der Waals surface area contributed by atoms with Crippen LogP contribution in [-0.4, -0.2) is 43.1 Å². The second kappa shape index (κ2) is 5.37. The van der Waals surface area contributed by atoms with Crippen LogP contribution in [0.4, 0.5) is 0 Å². The molecular formula is C15H19N3O3. The highest BCUT2D eigenvalue weighted by Crippen LogP contribution is 2.48. The maximum Gasteiger partial charge on any atom is 0.232 e. The van der Waals surface area contributed by atoms with Crippen molar-refractivity contribution < 1.29 is 13.7 Å². The van der Waals surface area contributed by atoms with Crippen LogP contribution in [0, 0.1) is 0 Å². The molecule has 0 bridgehead atoms. The SMILES string of the molecule is CN(C)CCNC(=O)C1(c2cc(-c3ccco3)on2)CC1. The number of nitrogens with zero attached hydrogens (tertiary/aromatic N) is 2. The first kappa shape index (κ1) is 13.9. The van der Waals surface area contributed by atoms with Gasteiger partial charge >= 0.3 is 0 Å². The van der Waals surface area contributed by atoms with Crippen molar-refractivity contribution in [2.45, 2.75) is 18.3 Å². The number of rotatable bonds is 6. The van der Waals surface area contributed by atoms with Gasteiger partial charge in [0.2, 0.25) is 11.7 Å². The molecule has 1 N–H and O–H groups in total. The quantitative estimate of drug-likeness (QED) is 0.875. The molecule has 2 aromatic heterocycles. The molecule has 0 unspecified atom stereocenters. The molecule has 6 nitrogen and oxygen atoms in total. The van der Waals surface area contributed by atoms with Gasteiger partial charge in [0.25, 0.3) is 0 Å². The predicted octanol–water partition coefficient (Wildman–Crippen LogP) is 1.64. The van der Waals surface area contributed by atoms with Crippen molar-refractivity contribution >= 4 is 5.91 Å². The molecule has 1 amide bonds. The summed E-state index contributed by atoms with van der Waals surface area (Å²) < 4.78 is 10.6. The summed E-state index contributed by atoms with van der Waals surface area (Å²) in [5.74, 6) is 1.21. The molecule has 0 aliphatic heterocycles. The van der Waals surface area contributed by atoms with Gasteiger partial charge in [0, 0.05) is 19.2 Å². The molecule has 0 radical (unpaired) electrons. The summed E-state index contributed by atoms with van der Waals surface area (Å²) in [5, 5.41) is 7.04. The minimum Gasteiger partial charge on any atom is -0.461 e. The van der Waals surface area contributed by atoms with E-state index in [-0.39, 0.29) is 5.91 Å². The molecular weight excluding hydrogens is 270 g/mol. The van der Waals surface area contributed by atoms with Crippen LogP contribution in [0.1, 0.15) is 18.5 Å². The van der Waals surface area contributed by atoms with E-state index in [2.05, 4.69) is 10.5 Å². The van der Waals surface area contributed by atoms with Crippen molar-refractivity contribution in [2.75, 3.05) is 27.2 Å². The molecule has 2 heterocycles. The third-order valence-corrected chi connectivity index (χ3v) is 3.79. The minimum absolute atomic E-state index is 0.0312. The highest BCUT2D eigenvalue weighted by molar-refractivity contribution is 5.90. The number of hydrogen-bond acceptors (Lipinski definition) is 5. The fourth-order valence-electron chi connectivity index (χ4n) is 2.32. The van der Waals surface area contributed by atoms with Crippen molar-refractivity contribution in [3.05, 3.63) is 30.2 Å². The molecule has 21 heavy (non-hydrogen) atoms. The summed E-state index contributed by atoms with van der Waals surface area (Å²) in [6.07, 6.45) is 3.20. The molecule has 1 saturated carbocycles. The van der Waals surface area contributed by atoms with Crippen LogP contribution >= 0.6 is 0 Å². The number of carbonyl (C=O) groups excluding carboxylic acids is 1. The smallest absolute Gasteiger partial charge is 0.232 e. The van der Waals surface area contributed by atoms with E-state index < -0.39 is 5.41 Å². The van der Waals surface area contributed by atoms with Gasteiger partial charge in [0.1, 0.15) is 0 Å². The highest BCUT2D eigenvalue weighted by Gasteiger charge is 2.53. The third-order valence-electron chi connectivity index (χ3n) is 3.79. The van der Waals surface area contributed by atoms with Crippen molar-refractivity contribution in [3.63, 3.8) is 0 Å². The number of furan rings is 1. The Morgan fingerprint density at radius 2 is 2.24 bits per heavy atom. The first-order chi connectivity index (χ1) is 10.1. The van der Waals surface area contributed by atoms with Gasteiger partial charge in [-0.3, -0.25) is 4.79 Å². The Hall–Kier alpha value is -2.08. The molecule has 0 saturated heterocycles. The van der Waals surface area contributed by atoms with Crippen molar-refractivity contribution in [3.8, 4) is 11.5 Å². The zero-order valence-electron chi connectivity index (χ0n) is 12.3. The van der Waals surface area contributed by atoms with Gasteiger partial charge < -0.3 is 19.2 Å². The number of amides is 1. The van der Waals surface area contributed by atoms with Crippen LogP contribution in [0.3, 0.4) is 0 Å². The lowest BCUT2D eigenvalue weighted by molar-refractivity contribution is -0.123. The topological polar surface area (TPSA) is 71.5 Å². The Bertz CT molecular complexity index is 612. The average molecular weight is 289 g/mol. The fourth-order valence-corrected chi connectivity index (χ4v) is 2.32. The van der Waals surface area contributed by atoms with Crippen molar-refractivity contribution in [1.82, 2.24) is 15.4 Å². The van der Waals surface area contributed by atoms with Gasteiger partial charge in [-0.2, -0.15) is 0 Å². The van der Waals surface area contributed by atoms with Crippen LogP contribution in [0.15, 0.2) is 33.4 Å². The Labute approximate surface area is 123 Å². The lowest BCUT2D eigenvalue weighted by atomic mass is 10.0. The standard InChI is InChI=1S/C15H19N3O3/c1-18(2)8-7-16-14(19)15(5-6-15)13-10-12(21-17-13)11-4-3-9-20-11/h3-4,9-10H,5-8H2,1-2H3,(H,16,19). The predicted molar refractivity (Wildman–Crippen MR) is 76.7 cm³/mol. The van der Waals surface area contributed by atoms with Crippen LogP contribution in [0.25, 0.3) is 11.5 Å². The minimum atomic E-state index is -0.513. The molecule has 3 rings (SSSR count). The summed E-state index contributed by atoms with van der Waals surface area (Å²) >= 11 is 0. The van der Waals surface area contributed by atoms with Gasteiger partial charge in [0.15, 0.2) is 5.76 Å². The monoisotopic (exact) mass is 289 g/mol.